The van der Waals surface area contributed by atoms with Crippen LogP contribution in [0.2, 0.25) is 0 Å². The van der Waals surface area contributed by atoms with E-state index in [1.165, 1.54) is 32.7 Å². The van der Waals surface area contributed by atoms with Crippen LogP contribution in [0, 0.1) is 0 Å². The van der Waals surface area contributed by atoms with Crippen molar-refractivity contribution in [3.8, 4) is 33.4 Å². The summed E-state index contributed by atoms with van der Waals surface area (Å²) in [6.07, 6.45) is 1.84. The molecule has 0 atom stereocenters. The zero-order valence-corrected chi connectivity index (χ0v) is 26.2. The Morgan fingerprint density at radius 2 is 0.878 bits per heavy atom. The van der Waals surface area contributed by atoms with Crippen molar-refractivity contribution in [2.45, 2.75) is 0 Å². The second-order valence-corrected chi connectivity index (χ2v) is 12.8. The summed E-state index contributed by atoms with van der Waals surface area (Å²) in [5.41, 5.74) is 10.9. The molecule has 0 aliphatic heterocycles. The Morgan fingerprint density at radius 1 is 0.306 bits per heavy atom. The number of fused-ring (bicyclic) bond motifs is 10. The van der Waals surface area contributed by atoms with E-state index in [0.29, 0.717) is 0 Å². The minimum absolute atomic E-state index is 0.772. The average molecular weight is 627 g/mol. The van der Waals surface area contributed by atoms with Crippen LogP contribution in [0.1, 0.15) is 0 Å². The molecule has 0 N–H and O–H groups in total. The van der Waals surface area contributed by atoms with Gasteiger partial charge in [-0.15, -0.1) is 0 Å². The zero-order valence-electron chi connectivity index (χ0n) is 26.2. The Kier molecular flexibility index (Phi) is 5.38. The molecule has 3 heteroatoms. The normalized spacial score (nSPS) is 12.1. The van der Waals surface area contributed by atoms with E-state index < -0.39 is 0 Å². The topological polar surface area (TPSA) is 39.4 Å². The van der Waals surface area contributed by atoms with Crippen LogP contribution < -0.4 is 0 Å². The Bertz CT molecular complexity index is 3040. The number of hydrogen-bond acceptors (Lipinski definition) is 3. The molecule has 0 radical (unpaired) electrons. The fourth-order valence-electron chi connectivity index (χ4n) is 8.00. The van der Waals surface area contributed by atoms with Gasteiger partial charge < -0.3 is 13.3 Å². The van der Waals surface area contributed by atoms with Gasteiger partial charge in [0.1, 0.15) is 16.7 Å². The van der Waals surface area contributed by atoms with Gasteiger partial charge >= 0.3 is 0 Å². The molecular weight excluding hydrogens is 601 g/mol. The summed E-state index contributed by atoms with van der Waals surface area (Å²) < 4.78 is 19.4. The summed E-state index contributed by atoms with van der Waals surface area (Å²) in [5, 5.41) is 10.1. The van der Waals surface area contributed by atoms with Crippen LogP contribution in [-0.2, 0) is 0 Å². The van der Waals surface area contributed by atoms with Gasteiger partial charge in [-0.2, -0.15) is 0 Å². The second-order valence-electron chi connectivity index (χ2n) is 12.8. The van der Waals surface area contributed by atoms with Crippen molar-refractivity contribution in [2.75, 3.05) is 0 Å². The van der Waals surface area contributed by atoms with E-state index in [-0.39, 0.29) is 0 Å². The second kappa shape index (κ2) is 9.96. The number of para-hydroxylation sites is 2. The first kappa shape index (κ1) is 26.5. The van der Waals surface area contributed by atoms with Crippen LogP contribution >= 0.6 is 0 Å². The summed E-state index contributed by atoms with van der Waals surface area (Å²) in [6, 6.07) is 53.5. The molecule has 0 unspecified atom stereocenters. The summed E-state index contributed by atoms with van der Waals surface area (Å²) in [5.74, 6) is 0. The molecule has 0 aliphatic carbocycles. The summed E-state index contributed by atoms with van der Waals surface area (Å²) in [7, 11) is 0. The predicted octanol–water partition coefficient (Wildman–Crippen LogP) is 13.5. The summed E-state index contributed by atoms with van der Waals surface area (Å²) >= 11 is 0. The molecule has 3 aromatic heterocycles. The lowest BCUT2D eigenvalue weighted by molar-refractivity contribution is 0.600. The Hall–Kier alpha value is -6.58. The van der Waals surface area contributed by atoms with Crippen molar-refractivity contribution in [2.24, 2.45) is 0 Å². The molecule has 11 aromatic rings. The van der Waals surface area contributed by atoms with Crippen molar-refractivity contribution >= 4 is 76.4 Å². The Morgan fingerprint density at radius 3 is 1.65 bits per heavy atom. The van der Waals surface area contributed by atoms with Gasteiger partial charge in [0.15, 0.2) is 11.2 Å². The van der Waals surface area contributed by atoms with Gasteiger partial charge in [-0.1, -0.05) is 121 Å². The fraction of sp³-hybridized carbons (Fsp3) is 0. The summed E-state index contributed by atoms with van der Waals surface area (Å²) in [4.78, 5) is 0. The molecule has 11 rings (SSSR count). The van der Waals surface area contributed by atoms with Crippen molar-refractivity contribution in [3.05, 3.63) is 158 Å². The van der Waals surface area contributed by atoms with Crippen LogP contribution in [-0.4, -0.2) is 0 Å². The Labute approximate surface area is 280 Å². The lowest BCUT2D eigenvalue weighted by atomic mass is 9.85. The van der Waals surface area contributed by atoms with Gasteiger partial charge in [-0.3, -0.25) is 0 Å². The van der Waals surface area contributed by atoms with Crippen LogP contribution in [0.5, 0.6) is 0 Å². The van der Waals surface area contributed by atoms with Gasteiger partial charge in [-0.05, 0) is 68.6 Å². The van der Waals surface area contributed by atoms with Crippen molar-refractivity contribution < 1.29 is 13.3 Å². The van der Waals surface area contributed by atoms with E-state index in [2.05, 4.69) is 133 Å². The van der Waals surface area contributed by atoms with Gasteiger partial charge in [0.25, 0.3) is 0 Å². The highest BCUT2D eigenvalue weighted by Crippen LogP contribution is 2.47. The van der Waals surface area contributed by atoms with Crippen LogP contribution in [0.4, 0.5) is 0 Å². The molecule has 0 aliphatic rings. The first-order valence-electron chi connectivity index (χ1n) is 16.6. The maximum absolute atomic E-state index is 6.67. The lowest BCUT2D eigenvalue weighted by Gasteiger charge is -2.17. The highest BCUT2D eigenvalue weighted by atomic mass is 16.4. The van der Waals surface area contributed by atoms with Gasteiger partial charge in [0.2, 0.25) is 0 Å². The largest absolute Gasteiger partial charge is 0.460 e. The van der Waals surface area contributed by atoms with Crippen LogP contribution in [0.15, 0.2) is 171 Å². The average Bonchev–Trinajstić information content (AvgIpc) is 3.87. The molecule has 0 spiro atoms. The van der Waals surface area contributed by atoms with Gasteiger partial charge in [0.05, 0.1) is 6.26 Å². The van der Waals surface area contributed by atoms with Crippen molar-refractivity contribution in [1.82, 2.24) is 0 Å². The van der Waals surface area contributed by atoms with E-state index in [0.717, 1.165) is 77.1 Å². The van der Waals surface area contributed by atoms with E-state index in [1.807, 2.05) is 24.5 Å². The molecule has 3 nitrogen and oxygen atoms in total. The smallest absolute Gasteiger partial charge is 0.178 e. The highest BCUT2D eigenvalue weighted by molar-refractivity contribution is 6.25. The number of hydrogen-bond donors (Lipinski definition) is 0. The third-order valence-electron chi connectivity index (χ3n) is 10.2. The SMILES string of the molecule is c1ccc(-c2coc3c2ccc2c4ccc(-c5c6ccccc6c(-c6cccc7c6oc6ccccc67)c6ccccc56)cc4oc23)cc1. The predicted molar refractivity (Wildman–Crippen MR) is 202 cm³/mol. The highest BCUT2D eigenvalue weighted by Gasteiger charge is 2.21. The van der Waals surface area contributed by atoms with E-state index in [1.54, 1.807) is 0 Å². The number of benzene rings is 8. The Balaban J connectivity index is 1.16. The van der Waals surface area contributed by atoms with Crippen LogP contribution in [0.25, 0.3) is 110 Å². The molecule has 0 amide bonds. The lowest BCUT2D eigenvalue weighted by Crippen LogP contribution is -1.91. The zero-order chi connectivity index (χ0) is 32.1. The third kappa shape index (κ3) is 3.73. The molecule has 0 saturated carbocycles. The maximum Gasteiger partial charge on any atom is 0.178 e. The van der Waals surface area contributed by atoms with E-state index >= 15 is 0 Å². The molecule has 8 aromatic carbocycles. The summed E-state index contributed by atoms with van der Waals surface area (Å²) in [6.45, 7) is 0. The monoisotopic (exact) mass is 626 g/mol. The molecule has 0 fully saturated rings. The molecule has 49 heavy (non-hydrogen) atoms. The molecule has 0 saturated heterocycles. The van der Waals surface area contributed by atoms with E-state index in [9.17, 15) is 0 Å². The molecule has 228 valence electrons. The van der Waals surface area contributed by atoms with Crippen molar-refractivity contribution in [3.63, 3.8) is 0 Å². The fourth-order valence-corrected chi connectivity index (χ4v) is 8.00. The molecule has 3 heterocycles. The maximum atomic E-state index is 6.67. The first-order chi connectivity index (χ1) is 24.3. The number of furan rings is 3. The van der Waals surface area contributed by atoms with E-state index in [4.69, 9.17) is 13.3 Å². The third-order valence-corrected chi connectivity index (χ3v) is 10.2. The quantitative estimate of drug-likeness (QED) is 0.183. The van der Waals surface area contributed by atoms with Gasteiger partial charge in [0, 0.05) is 43.6 Å². The minimum Gasteiger partial charge on any atom is -0.460 e. The van der Waals surface area contributed by atoms with Crippen molar-refractivity contribution in [1.29, 1.82) is 0 Å². The molecule has 0 bridgehead atoms. The van der Waals surface area contributed by atoms with Gasteiger partial charge in [-0.25, -0.2) is 0 Å². The van der Waals surface area contributed by atoms with Crippen LogP contribution in [0.3, 0.4) is 0 Å². The number of rotatable bonds is 3. The standard InChI is InChI=1S/C46H26O3/c1-2-11-27(12-3-1)39-26-47-45-37(39)24-23-36-30-22-21-28(25-41(30)49-46(36)45)42-31-14-4-6-16-33(31)43(34-17-7-5-15-32(34)42)38-19-10-18-35-29-13-8-9-20-40(29)48-44(35)38/h1-26H. The molecular formula is C46H26O3. The first-order valence-corrected chi connectivity index (χ1v) is 16.6. The minimum atomic E-state index is 0.772.